The highest BCUT2D eigenvalue weighted by Crippen LogP contribution is 2.43. The molecule has 53 heavy (non-hydrogen) atoms. The molecule has 9 nitrogen and oxygen atoms in total. The van der Waals surface area contributed by atoms with Crippen LogP contribution in [-0.4, -0.2) is 88.4 Å². The summed E-state index contributed by atoms with van der Waals surface area (Å²) in [6, 6.07) is 5.80. The van der Waals surface area contributed by atoms with Crippen LogP contribution in [0.15, 0.2) is 48.0 Å². The molecule has 5 rings (SSSR count). The number of pyridine rings is 1. The minimum absolute atomic E-state index is 0.00827. The summed E-state index contributed by atoms with van der Waals surface area (Å²) in [7, 11) is 2.93. The Morgan fingerprint density at radius 3 is 2.47 bits per heavy atom. The summed E-state index contributed by atoms with van der Waals surface area (Å²) >= 11 is 6.69. The van der Waals surface area contributed by atoms with Gasteiger partial charge in [0.15, 0.2) is 0 Å². The van der Waals surface area contributed by atoms with Gasteiger partial charge >= 0.3 is 12.4 Å². The van der Waals surface area contributed by atoms with Crippen molar-refractivity contribution in [2.24, 2.45) is 0 Å². The van der Waals surface area contributed by atoms with Crippen LogP contribution in [0, 0.1) is 0 Å². The van der Waals surface area contributed by atoms with E-state index in [9.17, 15) is 35.9 Å². The van der Waals surface area contributed by atoms with Crippen molar-refractivity contribution >= 4 is 40.7 Å². The minimum atomic E-state index is -4.93. The van der Waals surface area contributed by atoms with Crippen molar-refractivity contribution in [3.05, 3.63) is 80.3 Å². The number of benzene rings is 1. The van der Waals surface area contributed by atoms with Gasteiger partial charge in [-0.3, -0.25) is 19.4 Å². The number of alkyl halides is 6. The Bertz CT molecular complexity index is 1820. The average molecular weight is 789 g/mol. The normalized spacial score (nSPS) is 21.2. The lowest BCUT2D eigenvalue weighted by molar-refractivity contribution is -0.164. The number of piperidine rings is 1. The molecule has 0 bridgehead atoms. The van der Waals surface area contributed by atoms with Gasteiger partial charge in [0.05, 0.1) is 17.6 Å². The van der Waals surface area contributed by atoms with Gasteiger partial charge in [-0.05, 0) is 61.6 Å². The summed E-state index contributed by atoms with van der Waals surface area (Å²) in [6.07, 6.45) is -8.77. The van der Waals surface area contributed by atoms with Crippen LogP contribution < -0.4 is 4.74 Å². The molecule has 2 aliphatic heterocycles. The second-order valence-electron chi connectivity index (χ2n) is 13.2. The Hall–Kier alpha value is -3.89. The van der Waals surface area contributed by atoms with E-state index in [0.717, 1.165) is 45.8 Å². The van der Waals surface area contributed by atoms with Gasteiger partial charge in [0.2, 0.25) is 5.60 Å². The number of methoxy groups -OCH3 is 1. The van der Waals surface area contributed by atoms with Crippen LogP contribution in [0.4, 0.5) is 26.3 Å². The zero-order chi connectivity index (χ0) is 38.9. The molecule has 0 spiro atoms. The molecule has 1 aromatic carbocycles. The fourth-order valence-electron chi connectivity index (χ4n) is 7.15. The number of hydrogen-bond acceptors (Lipinski definition) is 7. The first-order valence-electron chi connectivity index (χ1n) is 16.9. The van der Waals surface area contributed by atoms with E-state index in [1.807, 2.05) is 0 Å². The summed E-state index contributed by atoms with van der Waals surface area (Å²) in [5.41, 5.74) is -2.64. The van der Waals surface area contributed by atoms with Crippen LogP contribution in [0.3, 0.4) is 0 Å². The number of ether oxygens (including phenoxy) is 2. The SMILES string of the molecule is CCC[C@H]1N(C(=O)c2ncccc2C(F)(F)F)CCC[C@@]1(Oc1csc(C(F)(F)F)c1)C(=O)N1Cc2ccc(Cl)cc2C[C@@H]1CN(C)C(=O)[C@@H](C)OC. The summed E-state index contributed by atoms with van der Waals surface area (Å²) in [6.45, 7) is 3.27. The molecule has 0 N–H and O–H groups in total. The lowest BCUT2D eigenvalue weighted by atomic mass is 9.78. The first-order valence-corrected chi connectivity index (χ1v) is 18.2. The molecular formula is C36H39ClF6N4O5S. The number of rotatable bonds is 10. The number of carbonyl (C=O) groups is 3. The van der Waals surface area contributed by atoms with Crippen molar-refractivity contribution in [3.8, 4) is 5.75 Å². The molecule has 288 valence electrons. The van der Waals surface area contributed by atoms with E-state index in [1.54, 1.807) is 39.1 Å². The van der Waals surface area contributed by atoms with Crippen molar-refractivity contribution in [2.45, 2.75) is 88.6 Å². The number of halogens is 7. The third kappa shape index (κ3) is 8.44. The van der Waals surface area contributed by atoms with Crippen LogP contribution in [0.5, 0.6) is 5.75 Å². The average Bonchev–Trinajstić information content (AvgIpc) is 3.59. The Kier molecular flexibility index (Phi) is 12.0. The van der Waals surface area contributed by atoms with E-state index in [2.05, 4.69) is 4.98 Å². The van der Waals surface area contributed by atoms with Crippen molar-refractivity contribution in [3.63, 3.8) is 0 Å². The third-order valence-corrected chi connectivity index (χ3v) is 10.9. The van der Waals surface area contributed by atoms with Crippen molar-refractivity contribution < 1.29 is 50.2 Å². The molecule has 0 radical (unpaired) electrons. The number of likely N-dealkylation sites (tertiary alicyclic amines) is 1. The van der Waals surface area contributed by atoms with E-state index in [0.29, 0.717) is 22.8 Å². The maximum atomic E-state index is 15.4. The van der Waals surface area contributed by atoms with E-state index in [1.165, 1.54) is 16.9 Å². The van der Waals surface area contributed by atoms with E-state index < -0.39 is 64.1 Å². The first kappa shape index (κ1) is 40.3. The minimum Gasteiger partial charge on any atom is -0.474 e. The predicted octanol–water partition coefficient (Wildman–Crippen LogP) is 7.50. The molecule has 3 aromatic rings. The molecule has 17 heteroatoms. The van der Waals surface area contributed by atoms with Gasteiger partial charge in [0, 0.05) is 62.9 Å². The summed E-state index contributed by atoms with van der Waals surface area (Å²) in [5.74, 6) is -2.42. The first-order chi connectivity index (χ1) is 24.9. The molecule has 1 saturated heterocycles. The monoisotopic (exact) mass is 788 g/mol. The van der Waals surface area contributed by atoms with Crippen molar-refractivity contribution in [1.82, 2.24) is 19.7 Å². The van der Waals surface area contributed by atoms with Gasteiger partial charge in [-0.1, -0.05) is 31.0 Å². The van der Waals surface area contributed by atoms with E-state index in [-0.39, 0.29) is 57.0 Å². The standard InChI is InChI=1S/C36H39ClF6N4O5S/c1-5-8-28-34(52-26-17-29(53-20-26)36(41,42)43,12-7-14-46(28)32(49)30-27(35(38,39)40)9-6-13-44-30)33(50)47-18-22-10-11-24(37)15-23(22)16-25(47)19-45(3)31(48)21(2)51-4/h6,9-11,13,15,17,20-21,25,28H,5,7-8,12,14,16,18-19H2,1-4H3/t21-,25-,28-,34+/m1/s1. The molecule has 2 aliphatic rings. The van der Waals surface area contributed by atoms with Crippen LogP contribution in [0.1, 0.15) is 71.6 Å². The van der Waals surface area contributed by atoms with Crippen molar-refractivity contribution in [2.75, 3.05) is 27.2 Å². The summed E-state index contributed by atoms with van der Waals surface area (Å²) < 4.78 is 95.4. The fourth-order valence-corrected chi connectivity index (χ4v) is 8.02. The molecule has 1 fully saturated rings. The molecular weight excluding hydrogens is 750 g/mol. The van der Waals surface area contributed by atoms with Gasteiger partial charge in [0.25, 0.3) is 17.7 Å². The van der Waals surface area contributed by atoms with Gasteiger partial charge in [-0.2, -0.15) is 26.3 Å². The third-order valence-electron chi connectivity index (χ3n) is 9.75. The molecule has 0 unspecified atom stereocenters. The highest BCUT2D eigenvalue weighted by Gasteiger charge is 2.57. The van der Waals surface area contributed by atoms with E-state index in [4.69, 9.17) is 21.1 Å². The molecule has 3 amide bonds. The second kappa shape index (κ2) is 15.8. The number of amides is 3. The number of fused-ring (bicyclic) bond motifs is 1. The number of carbonyl (C=O) groups excluding carboxylic acids is 3. The van der Waals surface area contributed by atoms with Gasteiger partial charge in [-0.15, -0.1) is 11.3 Å². The highest BCUT2D eigenvalue weighted by atomic mass is 35.5. The Morgan fingerprint density at radius 1 is 1.09 bits per heavy atom. The zero-order valence-corrected chi connectivity index (χ0v) is 31.0. The number of likely N-dealkylation sites (N-methyl/N-ethyl adjacent to an activating group) is 1. The fraction of sp³-hybridized carbons (Fsp3) is 0.500. The molecule has 0 saturated carbocycles. The van der Waals surface area contributed by atoms with Crippen LogP contribution in [0.25, 0.3) is 0 Å². The van der Waals surface area contributed by atoms with Gasteiger partial charge in [-0.25, -0.2) is 0 Å². The number of nitrogens with zero attached hydrogens (tertiary/aromatic N) is 4. The Balaban J connectivity index is 1.65. The zero-order valence-electron chi connectivity index (χ0n) is 29.4. The Labute approximate surface area is 311 Å². The quantitative estimate of drug-likeness (QED) is 0.198. The lowest BCUT2D eigenvalue weighted by Gasteiger charge is -2.51. The molecule has 2 aromatic heterocycles. The maximum absolute atomic E-state index is 15.4. The van der Waals surface area contributed by atoms with Gasteiger partial charge in [0.1, 0.15) is 22.4 Å². The van der Waals surface area contributed by atoms with E-state index >= 15 is 4.79 Å². The Morgan fingerprint density at radius 2 is 1.83 bits per heavy atom. The topological polar surface area (TPSA) is 92.3 Å². The number of aromatic nitrogens is 1. The number of hydrogen-bond donors (Lipinski definition) is 0. The summed E-state index contributed by atoms with van der Waals surface area (Å²) in [4.78, 5) is 49.6. The van der Waals surface area contributed by atoms with Gasteiger partial charge < -0.3 is 24.2 Å². The molecule has 4 atom stereocenters. The van der Waals surface area contributed by atoms with Crippen LogP contribution in [0.2, 0.25) is 5.02 Å². The maximum Gasteiger partial charge on any atom is 0.425 e. The van der Waals surface area contributed by atoms with Crippen LogP contribution >= 0.6 is 22.9 Å². The summed E-state index contributed by atoms with van der Waals surface area (Å²) in [5, 5.41) is 1.57. The highest BCUT2D eigenvalue weighted by molar-refractivity contribution is 7.10. The number of thiophene rings is 1. The molecule has 0 aliphatic carbocycles. The largest absolute Gasteiger partial charge is 0.474 e. The predicted molar refractivity (Wildman–Crippen MR) is 184 cm³/mol. The lowest BCUT2D eigenvalue weighted by Crippen LogP contribution is -2.69. The van der Waals surface area contributed by atoms with Crippen LogP contribution in [-0.2, 0) is 39.6 Å². The van der Waals surface area contributed by atoms with Crippen molar-refractivity contribution in [1.29, 1.82) is 0 Å². The smallest absolute Gasteiger partial charge is 0.425 e. The molecule has 4 heterocycles. The second-order valence-corrected chi connectivity index (χ2v) is 14.6.